The minimum absolute atomic E-state index is 0.0775. The van der Waals surface area contributed by atoms with Crippen molar-refractivity contribution in [2.24, 2.45) is 0 Å². The SMILES string of the molecule is O=C1CCCCC1Sc1nnc(NCc2ccccc2)s1. The molecule has 0 spiro atoms. The van der Waals surface area contributed by atoms with Gasteiger partial charge in [-0.1, -0.05) is 59.9 Å². The van der Waals surface area contributed by atoms with Gasteiger partial charge in [0.2, 0.25) is 5.13 Å². The number of hydrogen-bond acceptors (Lipinski definition) is 6. The van der Waals surface area contributed by atoms with Crippen LogP contribution in [0.2, 0.25) is 0 Å². The number of anilines is 1. The van der Waals surface area contributed by atoms with Crippen LogP contribution in [0.3, 0.4) is 0 Å². The number of rotatable bonds is 5. The average molecular weight is 319 g/mol. The van der Waals surface area contributed by atoms with Crippen LogP contribution in [-0.4, -0.2) is 21.2 Å². The Bertz CT molecular complexity index is 600. The number of nitrogens with one attached hydrogen (secondary N) is 1. The van der Waals surface area contributed by atoms with Crippen molar-refractivity contribution >= 4 is 34.0 Å². The maximum atomic E-state index is 11.8. The zero-order valence-corrected chi connectivity index (χ0v) is 13.3. The summed E-state index contributed by atoms with van der Waals surface area (Å²) in [5.41, 5.74) is 1.21. The highest BCUT2D eigenvalue weighted by Crippen LogP contribution is 2.34. The Morgan fingerprint density at radius 2 is 2.10 bits per heavy atom. The third kappa shape index (κ3) is 4.04. The first kappa shape index (κ1) is 14.5. The molecule has 6 heteroatoms. The molecule has 2 aromatic rings. The molecule has 1 aliphatic carbocycles. The van der Waals surface area contributed by atoms with E-state index in [9.17, 15) is 4.79 Å². The highest BCUT2D eigenvalue weighted by molar-refractivity contribution is 8.02. The molecule has 1 aromatic heterocycles. The van der Waals surface area contributed by atoms with Crippen molar-refractivity contribution in [1.29, 1.82) is 0 Å². The van der Waals surface area contributed by atoms with Gasteiger partial charge in [-0.05, 0) is 18.4 Å². The molecule has 1 heterocycles. The predicted molar refractivity (Wildman–Crippen MR) is 86.8 cm³/mol. The van der Waals surface area contributed by atoms with Crippen molar-refractivity contribution in [2.75, 3.05) is 5.32 Å². The normalized spacial score (nSPS) is 18.7. The van der Waals surface area contributed by atoms with Gasteiger partial charge in [-0.3, -0.25) is 4.79 Å². The number of carbonyl (C=O) groups is 1. The minimum Gasteiger partial charge on any atom is -0.356 e. The van der Waals surface area contributed by atoms with Crippen LogP contribution in [-0.2, 0) is 11.3 Å². The van der Waals surface area contributed by atoms with Crippen molar-refractivity contribution in [3.63, 3.8) is 0 Å². The fourth-order valence-corrected chi connectivity index (χ4v) is 4.42. The fraction of sp³-hybridized carbons (Fsp3) is 0.400. The Balaban J connectivity index is 1.55. The Hall–Kier alpha value is -1.40. The number of hydrogen-bond donors (Lipinski definition) is 1. The van der Waals surface area contributed by atoms with Crippen LogP contribution >= 0.6 is 23.1 Å². The first-order valence-corrected chi connectivity index (χ1v) is 8.81. The summed E-state index contributed by atoms with van der Waals surface area (Å²) in [6.07, 6.45) is 3.86. The van der Waals surface area contributed by atoms with Crippen molar-refractivity contribution in [3.8, 4) is 0 Å². The third-order valence-corrected chi connectivity index (χ3v) is 5.72. The number of carbonyl (C=O) groups excluding carboxylic acids is 1. The van der Waals surface area contributed by atoms with Gasteiger partial charge in [-0.25, -0.2) is 0 Å². The number of Topliss-reactive ketones (excluding diaryl/α,β-unsaturated/α-hetero) is 1. The van der Waals surface area contributed by atoms with E-state index in [1.54, 1.807) is 11.8 Å². The molecule has 4 nitrogen and oxygen atoms in total. The second-order valence-electron chi connectivity index (χ2n) is 5.03. The summed E-state index contributed by atoms with van der Waals surface area (Å²) < 4.78 is 0.880. The van der Waals surface area contributed by atoms with Crippen molar-refractivity contribution in [1.82, 2.24) is 10.2 Å². The lowest BCUT2D eigenvalue weighted by Crippen LogP contribution is -2.21. The molecule has 1 aliphatic rings. The lowest BCUT2D eigenvalue weighted by Gasteiger charge is -2.17. The van der Waals surface area contributed by atoms with Gasteiger partial charge in [0.25, 0.3) is 0 Å². The summed E-state index contributed by atoms with van der Waals surface area (Å²) in [6.45, 7) is 0.739. The van der Waals surface area contributed by atoms with Crippen LogP contribution in [0, 0.1) is 0 Å². The fourth-order valence-electron chi connectivity index (χ4n) is 2.30. The van der Waals surface area contributed by atoms with Crippen LogP contribution in [0.5, 0.6) is 0 Å². The highest BCUT2D eigenvalue weighted by atomic mass is 32.2. The maximum Gasteiger partial charge on any atom is 0.206 e. The molecule has 0 radical (unpaired) electrons. The molecule has 0 aliphatic heterocycles. The molecule has 1 fully saturated rings. The molecule has 21 heavy (non-hydrogen) atoms. The van der Waals surface area contributed by atoms with Crippen LogP contribution in [0.15, 0.2) is 34.7 Å². The molecular formula is C15H17N3OS2. The summed E-state index contributed by atoms with van der Waals surface area (Å²) in [7, 11) is 0. The second kappa shape index (κ2) is 7.04. The zero-order chi connectivity index (χ0) is 14.5. The van der Waals surface area contributed by atoms with E-state index in [-0.39, 0.29) is 5.25 Å². The molecule has 1 N–H and O–H groups in total. The molecule has 1 saturated carbocycles. The quantitative estimate of drug-likeness (QED) is 0.909. The van der Waals surface area contributed by atoms with E-state index in [0.29, 0.717) is 5.78 Å². The van der Waals surface area contributed by atoms with Crippen LogP contribution in [0.4, 0.5) is 5.13 Å². The molecule has 3 rings (SSSR count). The topological polar surface area (TPSA) is 54.9 Å². The van der Waals surface area contributed by atoms with Gasteiger partial charge >= 0.3 is 0 Å². The predicted octanol–water partition coefficient (Wildman–Crippen LogP) is 3.75. The Kier molecular flexibility index (Phi) is 4.87. The molecule has 0 bridgehead atoms. The average Bonchev–Trinajstić information content (AvgIpc) is 2.96. The van der Waals surface area contributed by atoms with Gasteiger partial charge < -0.3 is 5.32 Å². The molecule has 1 unspecified atom stereocenters. The van der Waals surface area contributed by atoms with Gasteiger partial charge in [0.15, 0.2) is 4.34 Å². The van der Waals surface area contributed by atoms with E-state index in [2.05, 4.69) is 27.6 Å². The maximum absolute atomic E-state index is 11.8. The van der Waals surface area contributed by atoms with Crippen LogP contribution in [0.1, 0.15) is 31.2 Å². The lowest BCUT2D eigenvalue weighted by atomic mass is 9.99. The highest BCUT2D eigenvalue weighted by Gasteiger charge is 2.24. The van der Waals surface area contributed by atoms with Crippen molar-refractivity contribution in [2.45, 2.75) is 41.8 Å². The number of aromatic nitrogens is 2. The van der Waals surface area contributed by atoms with Gasteiger partial charge in [0, 0.05) is 13.0 Å². The Morgan fingerprint density at radius 3 is 2.90 bits per heavy atom. The molecule has 0 saturated heterocycles. The van der Waals surface area contributed by atoms with Crippen molar-refractivity contribution in [3.05, 3.63) is 35.9 Å². The number of ketones is 1. The van der Waals surface area contributed by atoms with E-state index < -0.39 is 0 Å². The van der Waals surface area contributed by atoms with Gasteiger partial charge in [0.1, 0.15) is 5.78 Å². The molecule has 1 atom stereocenters. The minimum atomic E-state index is 0.0775. The number of benzene rings is 1. The first-order chi connectivity index (χ1) is 10.3. The Labute approximate surface area is 132 Å². The van der Waals surface area contributed by atoms with E-state index in [1.165, 1.54) is 16.9 Å². The van der Waals surface area contributed by atoms with E-state index in [0.717, 1.165) is 41.7 Å². The monoisotopic (exact) mass is 319 g/mol. The standard InChI is InChI=1S/C15H17N3OS2/c19-12-8-4-5-9-13(12)20-15-18-17-14(21-15)16-10-11-6-2-1-3-7-11/h1-3,6-7,13H,4-5,8-10H2,(H,16,17). The Morgan fingerprint density at radius 1 is 1.24 bits per heavy atom. The smallest absolute Gasteiger partial charge is 0.206 e. The third-order valence-electron chi connectivity index (χ3n) is 3.43. The zero-order valence-electron chi connectivity index (χ0n) is 11.6. The van der Waals surface area contributed by atoms with Gasteiger partial charge in [-0.15, -0.1) is 10.2 Å². The molecule has 0 amide bonds. The van der Waals surface area contributed by atoms with Crippen molar-refractivity contribution < 1.29 is 4.79 Å². The summed E-state index contributed by atoms with van der Waals surface area (Å²) in [6, 6.07) is 10.2. The van der Waals surface area contributed by atoms with Crippen LogP contribution in [0.25, 0.3) is 0 Å². The van der Waals surface area contributed by atoms with Gasteiger partial charge in [0.05, 0.1) is 5.25 Å². The summed E-state index contributed by atoms with van der Waals surface area (Å²) in [5, 5.41) is 12.5. The number of thioether (sulfide) groups is 1. The second-order valence-corrected chi connectivity index (χ2v) is 7.46. The van der Waals surface area contributed by atoms with Gasteiger partial charge in [-0.2, -0.15) is 0 Å². The summed E-state index contributed by atoms with van der Waals surface area (Å²) in [5.74, 6) is 0.361. The largest absolute Gasteiger partial charge is 0.356 e. The van der Waals surface area contributed by atoms with E-state index in [4.69, 9.17) is 0 Å². The lowest BCUT2D eigenvalue weighted by molar-refractivity contribution is -0.119. The summed E-state index contributed by atoms with van der Waals surface area (Å²) in [4.78, 5) is 11.8. The first-order valence-electron chi connectivity index (χ1n) is 7.12. The van der Waals surface area contributed by atoms with Crippen LogP contribution < -0.4 is 5.32 Å². The molecular weight excluding hydrogens is 302 g/mol. The molecule has 1 aromatic carbocycles. The summed E-state index contributed by atoms with van der Waals surface area (Å²) >= 11 is 3.10. The van der Waals surface area contributed by atoms with E-state index >= 15 is 0 Å². The molecule has 110 valence electrons. The number of nitrogens with zero attached hydrogens (tertiary/aromatic N) is 2. The van der Waals surface area contributed by atoms with E-state index in [1.807, 2.05) is 18.2 Å².